The van der Waals surface area contributed by atoms with Crippen molar-refractivity contribution >= 4 is 5.78 Å². The lowest BCUT2D eigenvalue weighted by atomic mass is 10.1. The van der Waals surface area contributed by atoms with E-state index >= 15 is 0 Å². The zero-order valence-corrected chi connectivity index (χ0v) is 6.55. The van der Waals surface area contributed by atoms with E-state index in [1.807, 2.05) is 0 Å². The first-order valence-corrected chi connectivity index (χ1v) is 3.49. The van der Waals surface area contributed by atoms with E-state index in [4.69, 9.17) is 5.26 Å². The molecule has 0 radical (unpaired) electrons. The minimum Gasteiger partial charge on any atom is -0.293 e. The zero-order valence-electron chi connectivity index (χ0n) is 6.55. The van der Waals surface area contributed by atoms with Gasteiger partial charge in [-0.2, -0.15) is 5.26 Å². The van der Waals surface area contributed by atoms with Crippen LogP contribution in [-0.2, 0) is 0 Å². The van der Waals surface area contributed by atoms with Crippen molar-refractivity contribution in [2.24, 2.45) is 0 Å². The molecule has 0 saturated carbocycles. The van der Waals surface area contributed by atoms with Crippen LogP contribution in [0.2, 0.25) is 0 Å². The summed E-state index contributed by atoms with van der Waals surface area (Å²) in [5.74, 6) is -2.22. The van der Waals surface area contributed by atoms with Gasteiger partial charge in [0, 0.05) is 11.6 Å². The number of hydrogen-bond donors (Lipinski definition) is 0. The molecular weight excluding hydrogens is 176 g/mol. The molecule has 13 heavy (non-hydrogen) atoms. The SMILES string of the molecule is N#CCC(=O)c1cc(F)cc(F)c1. The van der Waals surface area contributed by atoms with Gasteiger partial charge >= 0.3 is 0 Å². The molecule has 0 aliphatic heterocycles. The first-order valence-electron chi connectivity index (χ1n) is 3.49. The van der Waals surface area contributed by atoms with Gasteiger partial charge in [0.25, 0.3) is 0 Å². The van der Waals surface area contributed by atoms with Crippen molar-refractivity contribution in [1.29, 1.82) is 5.26 Å². The summed E-state index contributed by atoms with van der Waals surface area (Å²) in [6.45, 7) is 0. The van der Waals surface area contributed by atoms with Gasteiger partial charge in [0.1, 0.15) is 11.6 Å². The molecule has 0 heterocycles. The minimum atomic E-state index is -0.818. The Morgan fingerprint density at radius 2 is 1.85 bits per heavy atom. The molecule has 0 amide bonds. The fraction of sp³-hybridized carbons (Fsp3) is 0.111. The quantitative estimate of drug-likeness (QED) is 0.655. The summed E-state index contributed by atoms with van der Waals surface area (Å²) in [5.41, 5.74) is -0.112. The molecule has 0 aliphatic carbocycles. The van der Waals surface area contributed by atoms with Crippen LogP contribution in [0, 0.1) is 23.0 Å². The molecule has 1 rings (SSSR count). The van der Waals surface area contributed by atoms with E-state index in [0.29, 0.717) is 6.07 Å². The number of ketones is 1. The third-order valence-electron chi connectivity index (χ3n) is 1.42. The number of carbonyl (C=O) groups excluding carboxylic acids is 1. The topological polar surface area (TPSA) is 40.9 Å². The van der Waals surface area contributed by atoms with Gasteiger partial charge in [-0.15, -0.1) is 0 Å². The number of hydrogen-bond acceptors (Lipinski definition) is 2. The normalized spacial score (nSPS) is 9.31. The molecule has 0 saturated heterocycles. The van der Waals surface area contributed by atoms with Gasteiger partial charge in [-0.25, -0.2) is 8.78 Å². The Balaban J connectivity index is 3.02. The number of nitrogens with zero attached hydrogens (tertiary/aromatic N) is 1. The van der Waals surface area contributed by atoms with Gasteiger partial charge < -0.3 is 0 Å². The van der Waals surface area contributed by atoms with E-state index in [1.54, 1.807) is 6.07 Å². The highest BCUT2D eigenvalue weighted by Crippen LogP contribution is 2.09. The summed E-state index contributed by atoms with van der Waals surface area (Å²) >= 11 is 0. The molecule has 0 unspecified atom stereocenters. The molecule has 0 bridgehead atoms. The Kier molecular flexibility index (Phi) is 2.70. The number of nitriles is 1. The molecule has 0 N–H and O–H groups in total. The van der Waals surface area contributed by atoms with Gasteiger partial charge in [0.2, 0.25) is 0 Å². The standard InChI is InChI=1S/C9H5F2NO/c10-7-3-6(4-8(11)5-7)9(13)1-2-12/h3-5H,1H2. The van der Waals surface area contributed by atoms with Crippen molar-refractivity contribution in [1.82, 2.24) is 0 Å². The molecule has 0 aromatic heterocycles. The summed E-state index contributed by atoms with van der Waals surface area (Å²) in [4.78, 5) is 11.0. The average Bonchev–Trinajstić information content (AvgIpc) is 2.03. The molecule has 1 aromatic carbocycles. The van der Waals surface area contributed by atoms with Crippen LogP contribution in [0.5, 0.6) is 0 Å². The third kappa shape index (κ3) is 2.34. The predicted molar refractivity (Wildman–Crippen MR) is 40.9 cm³/mol. The number of benzene rings is 1. The molecule has 0 spiro atoms. The second-order valence-electron chi connectivity index (χ2n) is 2.42. The highest BCUT2D eigenvalue weighted by Gasteiger charge is 2.08. The zero-order chi connectivity index (χ0) is 9.84. The number of Topliss-reactive ketones (excluding diaryl/α,β-unsaturated/α-hetero) is 1. The van der Waals surface area contributed by atoms with Gasteiger partial charge in [0.05, 0.1) is 12.5 Å². The molecule has 2 nitrogen and oxygen atoms in total. The number of rotatable bonds is 2. The first-order chi connectivity index (χ1) is 6.13. The van der Waals surface area contributed by atoms with E-state index in [-0.39, 0.29) is 12.0 Å². The van der Waals surface area contributed by atoms with Crippen molar-refractivity contribution in [3.05, 3.63) is 35.4 Å². The maximum atomic E-state index is 12.6. The van der Waals surface area contributed by atoms with Crippen LogP contribution < -0.4 is 0 Å². The lowest BCUT2D eigenvalue weighted by molar-refractivity contribution is 0.0997. The highest BCUT2D eigenvalue weighted by molar-refractivity contribution is 5.97. The van der Waals surface area contributed by atoms with Crippen molar-refractivity contribution in [2.45, 2.75) is 6.42 Å². The van der Waals surface area contributed by atoms with Crippen LogP contribution in [0.1, 0.15) is 16.8 Å². The highest BCUT2D eigenvalue weighted by atomic mass is 19.1. The molecule has 66 valence electrons. The van der Waals surface area contributed by atoms with Gasteiger partial charge in [-0.05, 0) is 12.1 Å². The smallest absolute Gasteiger partial charge is 0.177 e. The van der Waals surface area contributed by atoms with Crippen LogP contribution in [0.3, 0.4) is 0 Å². The van der Waals surface area contributed by atoms with Gasteiger partial charge in [0.15, 0.2) is 5.78 Å². The fourth-order valence-corrected chi connectivity index (χ4v) is 0.889. The Bertz CT molecular complexity index is 361. The lowest BCUT2D eigenvalue weighted by Crippen LogP contribution is -1.98. The molecular formula is C9H5F2NO. The maximum Gasteiger partial charge on any atom is 0.177 e. The second-order valence-corrected chi connectivity index (χ2v) is 2.42. The summed E-state index contributed by atoms with van der Waals surface area (Å²) < 4.78 is 25.1. The van der Waals surface area contributed by atoms with E-state index < -0.39 is 17.4 Å². The summed E-state index contributed by atoms with van der Waals surface area (Å²) in [6.07, 6.45) is -0.372. The Labute approximate surface area is 73.4 Å². The molecule has 4 heteroatoms. The molecule has 0 fully saturated rings. The molecule has 0 atom stereocenters. The van der Waals surface area contributed by atoms with Crippen LogP contribution in [-0.4, -0.2) is 5.78 Å². The van der Waals surface area contributed by atoms with Crippen LogP contribution in [0.25, 0.3) is 0 Å². The van der Waals surface area contributed by atoms with Crippen LogP contribution in [0.15, 0.2) is 18.2 Å². The average molecular weight is 181 g/mol. The van der Waals surface area contributed by atoms with E-state index in [1.165, 1.54) is 0 Å². The van der Waals surface area contributed by atoms with Gasteiger partial charge in [-0.1, -0.05) is 0 Å². The third-order valence-corrected chi connectivity index (χ3v) is 1.42. The largest absolute Gasteiger partial charge is 0.293 e. The van der Waals surface area contributed by atoms with E-state index in [9.17, 15) is 13.6 Å². The van der Waals surface area contributed by atoms with Crippen LogP contribution >= 0.6 is 0 Å². The Morgan fingerprint density at radius 1 is 1.31 bits per heavy atom. The fourth-order valence-electron chi connectivity index (χ4n) is 0.889. The minimum absolute atomic E-state index is 0.112. The van der Waals surface area contributed by atoms with Crippen molar-refractivity contribution in [2.75, 3.05) is 0 Å². The summed E-state index contributed by atoms with van der Waals surface area (Å²) in [6, 6.07) is 4.09. The van der Waals surface area contributed by atoms with Gasteiger partial charge in [-0.3, -0.25) is 4.79 Å². The Morgan fingerprint density at radius 3 is 2.31 bits per heavy atom. The van der Waals surface area contributed by atoms with E-state index in [0.717, 1.165) is 12.1 Å². The van der Waals surface area contributed by atoms with Crippen molar-refractivity contribution in [3.63, 3.8) is 0 Å². The summed E-state index contributed by atoms with van der Waals surface area (Å²) in [7, 11) is 0. The number of carbonyl (C=O) groups is 1. The number of halogens is 2. The maximum absolute atomic E-state index is 12.6. The Hall–Kier alpha value is -1.76. The predicted octanol–water partition coefficient (Wildman–Crippen LogP) is 2.06. The lowest BCUT2D eigenvalue weighted by Gasteiger charge is -1.96. The van der Waals surface area contributed by atoms with Crippen molar-refractivity contribution in [3.8, 4) is 6.07 Å². The summed E-state index contributed by atoms with van der Waals surface area (Å²) in [5, 5.41) is 8.18. The van der Waals surface area contributed by atoms with Crippen molar-refractivity contribution < 1.29 is 13.6 Å². The molecule has 1 aromatic rings. The molecule has 0 aliphatic rings. The van der Waals surface area contributed by atoms with E-state index in [2.05, 4.69) is 0 Å². The van der Waals surface area contributed by atoms with Crippen LogP contribution in [0.4, 0.5) is 8.78 Å². The second kappa shape index (κ2) is 3.76. The first kappa shape index (κ1) is 9.33. The monoisotopic (exact) mass is 181 g/mol.